The van der Waals surface area contributed by atoms with E-state index in [0.29, 0.717) is 6.61 Å². The highest BCUT2D eigenvalue weighted by molar-refractivity contribution is 5.74. The van der Waals surface area contributed by atoms with Crippen LogP contribution in [0.25, 0.3) is 0 Å². The first-order valence-electron chi connectivity index (χ1n) is 7.50. The van der Waals surface area contributed by atoms with Crippen molar-refractivity contribution in [1.82, 2.24) is 0 Å². The molecule has 0 bridgehead atoms. The zero-order valence-corrected chi connectivity index (χ0v) is 12.3. The number of ether oxygens (including phenoxy) is 1. The van der Waals surface area contributed by atoms with Crippen molar-refractivity contribution in [1.29, 1.82) is 0 Å². The molecule has 2 N–H and O–H groups in total. The molecule has 0 amide bonds. The highest BCUT2D eigenvalue weighted by Gasteiger charge is 2.16. The summed E-state index contributed by atoms with van der Waals surface area (Å²) in [4.78, 5) is 10.8. The molecule has 0 saturated carbocycles. The Morgan fingerprint density at radius 2 is 1.86 bits per heavy atom. The van der Waals surface area contributed by atoms with Crippen LogP contribution >= 0.6 is 0 Å². The van der Waals surface area contributed by atoms with Crippen molar-refractivity contribution < 1.29 is 14.6 Å². The van der Waals surface area contributed by atoms with Gasteiger partial charge in [0, 0.05) is 0 Å². The summed E-state index contributed by atoms with van der Waals surface area (Å²) >= 11 is 0. The number of hydrogen-bond donors (Lipinski definition) is 2. The van der Waals surface area contributed by atoms with Gasteiger partial charge in [-0.15, -0.1) is 0 Å². The van der Waals surface area contributed by atoms with Gasteiger partial charge in [0.2, 0.25) is 0 Å². The minimum absolute atomic E-state index is 0.111. The van der Waals surface area contributed by atoms with Gasteiger partial charge in [-0.05, 0) is 48.1 Å². The molecule has 2 aromatic carbocycles. The van der Waals surface area contributed by atoms with Crippen LogP contribution in [-0.2, 0) is 24.2 Å². The molecule has 2 aromatic rings. The fourth-order valence-corrected chi connectivity index (χ4v) is 2.77. The predicted octanol–water partition coefficient (Wildman–Crippen LogP) is 3.25. The van der Waals surface area contributed by atoms with Crippen molar-refractivity contribution in [2.45, 2.75) is 25.9 Å². The van der Waals surface area contributed by atoms with Crippen LogP contribution in [0.3, 0.4) is 0 Å². The number of nitrogens with one attached hydrogen (secondary N) is 1. The third-order valence-electron chi connectivity index (χ3n) is 3.86. The quantitative estimate of drug-likeness (QED) is 0.859. The van der Waals surface area contributed by atoms with Crippen molar-refractivity contribution in [3.05, 3.63) is 59.2 Å². The van der Waals surface area contributed by atoms with E-state index in [-0.39, 0.29) is 6.54 Å². The molecule has 4 heteroatoms. The highest BCUT2D eigenvalue weighted by Crippen LogP contribution is 2.33. The normalized spacial score (nSPS) is 12.7. The number of aryl methyl sites for hydroxylation is 2. The van der Waals surface area contributed by atoms with Crippen molar-refractivity contribution in [3.63, 3.8) is 0 Å². The van der Waals surface area contributed by atoms with Gasteiger partial charge in [0.1, 0.15) is 18.9 Å². The average molecular weight is 297 g/mol. The van der Waals surface area contributed by atoms with E-state index in [1.807, 2.05) is 36.4 Å². The molecule has 0 fully saturated rings. The van der Waals surface area contributed by atoms with Crippen molar-refractivity contribution in [3.8, 4) is 5.75 Å². The number of hydrogen-bond acceptors (Lipinski definition) is 3. The molecular weight excluding hydrogens is 278 g/mol. The Labute approximate surface area is 129 Å². The summed E-state index contributed by atoms with van der Waals surface area (Å²) in [6.07, 6.45) is 3.27. The Hall–Kier alpha value is -2.49. The molecule has 0 radical (unpaired) electrons. The number of carboxylic acid groups (broad SMARTS) is 1. The summed E-state index contributed by atoms with van der Waals surface area (Å²) in [5.41, 5.74) is 4.45. The van der Waals surface area contributed by atoms with E-state index < -0.39 is 5.97 Å². The van der Waals surface area contributed by atoms with Crippen LogP contribution in [0.2, 0.25) is 0 Å². The summed E-state index contributed by atoms with van der Waals surface area (Å²) in [7, 11) is 0. The minimum Gasteiger partial charge on any atom is -0.487 e. The third-order valence-corrected chi connectivity index (χ3v) is 3.86. The SMILES string of the molecule is O=C(O)CNc1cc2c(cc1OCc1ccccc1)CCC2. The van der Waals surface area contributed by atoms with Crippen LogP contribution in [0.5, 0.6) is 5.75 Å². The van der Waals surface area contributed by atoms with Crippen LogP contribution in [0, 0.1) is 0 Å². The topological polar surface area (TPSA) is 58.6 Å². The van der Waals surface area contributed by atoms with Crippen LogP contribution < -0.4 is 10.1 Å². The van der Waals surface area contributed by atoms with Crippen molar-refractivity contribution in [2.24, 2.45) is 0 Å². The first-order valence-corrected chi connectivity index (χ1v) is 7.50. The molecule has 0 aliphatic heterocycles. The van der Waals surface area contributed by atoms with Crippen LogP contribution in [0.4, 0.5) is 5.69 Å². The summed E-state index contributed by atoms with van der Waals surface area (Å²) in [5.74, 6) is -0.153. The van der Waals surface area contributed by atoms with Gasteiger partial charge < -0.3 is 15.2 Å². The van der Waals surface area contributed by atoms with E-state index in [4.69, 9.17) is 9.84 Å². The zero-order valence-electron chi connectivity index (χ0n) is 12.3. The van der Waals surface area contributed by atoms with E-state index >= 15 is 0 Å². The Morgan fingerprint density at radius 1 is 1.14 bits per heavy atom. The van der Waals surface area contributed by atoms with E-state index in [9.17, 15) is 4.79 Å². The molecule has 0 spiro atoms. The fourth-order valence-electron chi connectivity index (χ4n) is 2.77. The van der Waals surface area contributed by atoms with Gasteiger partial charge in [0.15, 0.2) is 0 Å². The predicted molar refractivity (Wildman–Crippen MR) is 85.4 cm³/mol. The average Bonchev–Trinajstić information content (AvgIpc) is 2.98. The second kappa shape index (κ2) is 6.52. The standard InChI is InChI=1S/C18H19NO3/c20-18(21)11-19-16-9-14-7-4-8-15(14)10-17(16)22-12-13-5-2-1-3-6-13/h1-3,5-6,9-10,19H,4,7-8,11-12H2,(H,20,21). The minimum atomic E-state index is -0.880. The molecule has 1 aliphatic carbocycles. The second-order valence-electron chi connectivity index (χ2n) is 5.49. The van der Waals surface area contributed by atoms with Crippen molar-refractivity contribution in [2.75, 3.05) is 11.9 Å². The second-order valence-corrected chi connectivity index (χ2v) is 5.49. The summed E-state index contributed by atoms with van der Waals surface area (Å²) in [6, 6.07) is 14.0. The number of carbonyl (C=O) groups is 1. The molecule has 114 valence electrons. The third kappa shape index (κ3) is 3.39. The Bertz CT molecular complexity index is 668. The molecule has 0 saturated heterocycles. The van der Waals surface area contributed by atoms with Crippen LogP contribution in [-0.4, -0.2) is 17.6 Å². The first-order chi connectivity index (χ1) is 10.7. The van der Waals surface area contributed by atoms with Gasteiger partial charge >= 0.3 is 5.97 Å². The molecule has 4 nitrogen and oxygen atoms in total. The van der Waals surface area contributed by atoms with Gasteiger partial charge in [0.25, 0.3) is 0 Å². The van der Waals surface area contributed by atoms with Crippen LogP contribution in [0.15, 0.2) is 42.5 Å². The van der Waals surface area contributed by atoms with Gasteiger partial charge in [0.05, 0.1) is 5.69 Å². The van der Waals surface area contributed by atoms with Gasteiger partial charge in [-0.2, -0.15) is 0 Å². The Balaban J connectivity index is 1.79. The summed E-state index contributed by atoms with van der Waals surface area (Å²) < 4.78 is 5.93. The lowest BCUT2D eigenvalue weighted by molar-refractivity contribution is -0.134. The molecule has 1 aliphatic rings. The Morgan fingerprint density at radius 3 is 2.59 bits per heavy atom. The fraction of sp³-hybridized carbons (Fsp3) is 0.278. The maximum absolute atomic E-state index is 10.8. The van der Waals surface area contributed by atoms with Crippen molar-refractivity contribution >= 4 is 11.7 Å². The molecule has 22 heavy (non-hydrogen) atoms. The number of benzene rings is 2. The smallest absolute Gasteiger partial charge is 0.322 e. The van der Waals surface area contributed by atoms with E-state index in [2.05, 4.69) is 11.4 Å². The highest BCUT2D eigenvalue weighted by atomic mass is 16.5. The van der Waals surface area contributed by atoms with E-state index in [0.717, 1.165) is 36.3 Å². The maximum Gasteiger partial charge on any atom is 0.322 e. The summed E-state index contributed by atoms with van der Waals surface area (Å²) in [5, 5.41) is 11.8. The number of fused-ring (bicyclic) bond motifs is 1. The zero-order chi connectivity index (χ0) is 15.4. The van der Waals surface area contributed by atoms with E-state index in [1.54, 1.807) is 0 Å². The monoisotopic (exact) mass is 297 g/mol. The largest absolute Gasteiger partial charge is 0.487 e. The molecule has 0 heterocycles. The van der Waals surface area contributed by atoms with E-state index in [1.165, 1.54) is 11.1 Å². The molecule has 0 aromatic heterocycles. The first kappa shape index (κ1) is 14.4. The number of anilines is 1. The Kier molecular flexibility index (Phi) is 4.28. The van der Waals surface area contributed by atoms with Gasteiger partial charge in [-0.3, -0.25) is 4.79 Å². The van der Waals surface area contributed by atoms with Gasteiger partial charge in [-0.1, -0.05) is 30.3 Å². The molecule has 0 atom stereocenters. The lowest BCUT2D eigenvalue weighted by Crippen LogP contribution is -2.13. The van der Waals surface area contributed by atoms with Crippen LogP contribution in [0.1, 0.15) is 23.1 Å². The number of rotatable bonds is 6. The molecule has 3 rings (SSSR count). The van der Waals surface area contributed by atoms with Gasteiger partial charge in [-0.25, -0.2) is 0 Å². The lowest BCUT2D eigenvalue weighted by atomic mass is 10.1. The summed E-state index contributed by atoms with van der Waals surface area (Å²) in [6.45, 7) is 0.363. The number of aliphatic carboxylic acids is 1. The molecule has 0 unspecified atom stereocenters. The lowest BCUT2D eigenvalue weighted by Gasteiger charge is -2.15. The number of carboxylic acids is 1. The molecular formula is C18H19NO3. The maximum atomic E-state index is 10.8.